The van der Waals surface area contributed by atoms with Crippen LogP contribution in [0.5, 0.6) is 0 Å². The third kappa shape index (κ3) is 2.12. The Morgan fingerprint density at radius 2 is 2.11 bits per heavy atom. The number of thioether (sulfide) groups is 1. The molecule has 0 N–H and O–H groups in total. The van der Waals surface area contributed by atoms with Crippen molar-refractivity contribution < 1.29 is 9.53 Å². The van der Waals surface area contributed by atoms with Crippen LogP contribution in [0.2, 0.25) is 0 Å². The molecule has 0 saturated carbocycles. The second-order valence-corrected chi connectivity index (χ2v) is 5.09. The maximum atomic E-state index is 12.1. The number of pyridine rings is 1. The van der Waals surface area contributed by atoms with Crippen LogP contribution in [0.3, 0.4) is 0 Å². The van der Waals surface area contributed by atoms with Crippen LogP contribution in [0.25, 0.3) is 5.52 Å². The Kier molecular flexibility index (Phi) is 3.66. The molecule has 0 radical (unpaired) electrons. The number of esters is 1. The minimum atomic E-state index is -0.258. The number of hydrogen-bond donors (Lipinski definition) is 0. The maximum absolute atomic E-state index is 12.1. The standard InChI is InChI=1S/C14H17NO2S/c1-5-17-14(16)13-12(18-4)7-11-10(3)6-9(2)8-15(11)13/h6-8H,5H2,1-4H3. The molecule has 18 heavy (non-hydrogen) atoms. The van der Waals surface area contributed by atoms with E-state index in [2.05, 4.69) is 13.0 Å². The molecule has 96 valence electrons. The van der Waals surface area contributed by atoms with Crippen LogP contribution in [0.1, 0.15) is 28.5 Å². The largest absolute Gasteiger partial charge is 0.461 e. The second-order valence-electron chi connectivity index (χ2n) is 4.24. The zero-order valence-corrected chi connectivity index (χ0v) is 11.9. The molecule has 0 fully saturated rings. The van der Waals surface area contributed by atoms with Gasteiger partial charge in [-0.2, -0.15) is 0 Å². The number of ether oxygens (including phenoxy) is 1. The summed E-state index contributed by atoms with van der Waals surface area (Å²) >= 11 is 1.57. The molecule has 0 amide bonds. The summed E-state index contributed by atoms with van der Waals surface area (Å²) < 4.78 is 7.08. The molecular formula is C14H17NO2S. The summed E-state index contributed by atoms with van der Waals surface area (Å²) in [5, 5.41) is 0. The lowest BCUT2D eigenvalue weighted by Crippen LogP contribution is -2.09. The fourth-order valence-corrected chi connectivity index (χ4v) is 2.75. The third-order valence-electron chi connectivity index (χ3n) is 2.87. The van der Waals surface area contributed by atoms with E-state index in [1.165, 1.54) is 5.56 Å². The summed E-state index contributed by atoms with van der Waals surface area (Å²) in [6.45, 7) is 6.30. The molecule has 2 aromatic rings. The number of aromatic nitrogens is 1. The fraction of sp³-hybridized carbons (Fsp3) is 0.357. The molecule has 0 spiro atoms. The lowest BCUT2D eigenvalue weighted by atomic mass is 10.2. The summed E-state index contributed by atoms with van der Waals surface area (Å²) in [5.41, 5.74) is 3.99. The van der Waals surface area contributed by atoms with Crippen molar-refractivity contribution in [1.29, 1.82) is 0 Å². The molecule has 2 heterocycles. The number of rotatable bonds is 3. The third-order valence-corrected chi connectivity index (χ3v) is 3.62. The first-order chi connectivity index (χ1) is 8.58. The van der Waals surface area contributed by atoms with Crippen molar-refractivity contribution >= 4 is 23.2 Å². The topological polar surface area (TPSA) is 30.7 Å². The van der Waals surface area contributed by atoms with Crippen molar-refractivity contribution in [2.75, 3.05) is 12.9 Å². The van der Waals surface area contributed by atoms with Gasteiger partial charge in [0.1, 0.15) is 5.69 Å². The van der Waals surface area contributed by atoms with Gasteiger partial charge >= 0.3 is 5.97 Å². The highest BCUT2D eigenvalue weighted by atomic mass is 32.2. The van der Waals surface area contributed by atoms with E-state index in [-0.39, 0.29) is 5.97 Å². The van der Waals surface area contributed by atoms with Gasteiger partial charge in [-0.1, -0.05) is 6.07 Å². The number of fused-ring (bicyclic) bond motifs is 1. The first-order valence-corrected chi connectivity index (χ1v) is 7.14. The van der Waals surface area contributed by atoms with E-state index in [9.17, 15) is 4.79 Å². The molecule has 0 aliphatic carbocycles. The Hall–Kier alpha value is -1.42. The number of hydrogen-bond acceptors (Lipinski definition) is 3. The van der Waals surface area contributed by atoms with Gasteiger partial charge in [0.25, 0.3) is 0 Å². The molecule has 0 aromatic carbocycles. The number of carbonyl (C=O) groups is 1. The van der Waals surface area contributed by atoms with Gasteiger partial charge in [-0.25, -0.2) is 4.79 Å². The molecule has 0 bridgehead atoms. The van der Waals surface area contributed by atoms with Crippen LogP contribution in [-0.4, -0.2) is 23.2 Å². The van der Waals surface area contributed by atoms with Crippen molar-refractivity contribution in [3.8, 4) is 0 Å². The van der Waals surface area contributed by atoms with Crippen molar-refractivity contribution in [2.24, 2.45) is 0 Å². The first-order valence-electron chi connectivity index (χ1n) is 5.92. The molecule has 0 aliphatic rings. The maximum Gasteiger partial charge on any atom is 0.356 e. The lowest BCUT2D eigenvalue weighted by Gasteiger charge is -2.07. The Bertz CT molecular complexity index is 601. The smallest absolute Gasteiger partial charge is 0.356 e. The van der Waals surface area contributed by atoms with Crippen molar-refractivity contribution in [2.45, 2.75) is 25.7 Å². The molecule has 2 rings (SSSR count). The summed E-state index contributed by atoms with van der Waals surface area (Å²) in [6, 6.07) is 4.17. The van der Waals surface area contributed by atoms with Gasteiger partial charge in [-0.05, 0) is 44.2 Å². The van der Waals surface area contributed by atoms with Gasteiger partial charge in [0.15, 0.2) is 0 Å². The summed E-state index contributed by atoms with van der Waals surface area (Å²) in [6.07, 6.45) is 3.95. The van der Waals surface area contributed by atoms with Gasteiger partial charge in [0.2, 0.25) is 0 Å². The van der Waals surface area contributed by atoms with Gasteiger partial charge < -0.3 is 9.14 Å². The quantitative estimate of drug-likeness (QED) is 0.627. The first kappa shape index (κ1) is 13.0. The molecule has 0 atom stereocenters. The second kappa shape index (κ2) is 5.06. The molecule has 2 aromatic heterocycles. The van der Waals surface area contributed by atoms with E-state index < -0.39 is 0 Å². The van der Waals surface area contributed by atoms with E-state index in [4.69, 9.17) is 4.74 Å². The minimum absolute atomic E-state index is 0.258. The van der Waals surface area contributed by atoms with E-state index >= 15 is 0 Å². The van der Waals surface area contributed by atoms with Gasteiger partial charge in [0, 0.05) is 16.6 Å². The zero-order chi connectivity index (χ0) is 13.3. The summed E-state index contributed by atoms with van der Waals surface area (Å²) in [5.74, 6) is -0.258. The highest BCUT2D eigenvalue weighted by molar-refractivity contribution is 7.98. The average molecular weight is 263 g/mol. The summed E-state index contributed by atoms with van der Waals surface area (Å²) in [4.78, 5) is 13.0. The number of nitrogens with zero attached hydrogens (tertiary/aromatic N) is 1. The Morgan fingerprint density at radius 1 is 1.39 bits per heavy atom. The normalized spacial score (nSPS) is 10.9. The fourth-order valence-electron chi connectivity index (χ4n) is 2.15. The SMILES string of the molecule is CCOC(=O)c1c(SC)cc2c(C)cc(C)cn12. The highest BCUT2D eigenvalue weighted by Gasteiger charge is 2.19. The number of aryl methyl sites for hydroxylation is 2. The van der Waals surface area contributed by atoms with Crippen LogP contribution in [0, 0.1) is 13.8 Å². The molecule has 0 aliphatic heterocycles. The number of carbonyl (C=O) groups excluding carboxylic acids is 1. The van der Waals surface area contributed by atoms with Crippen molar-refractivity contribution in [3.05, 3.63) is 35.2 Å². The van der Waals surface area contributed by atoms with E-state index in [0.29, 0.717) is 12.3 Å². The predicted octanol–water partition coefficient (Wildman–Crippen LogP) is 3.45. The van der Waals surface area contributed by atoms with Crippen LogP contribution < -0.4 is 0 Å². The highest BCUT2D eigenvalue weighted by Crippen LogP contribution is 2.28. The molecule has 0 saturated heterocycles. The zero-order valence-electron chi connectivity index (χ0n) is 11.1. The van der Waals surface area contributed by atoms with Crippen LogP contribution in [0.4, 0.5) is 0 Å². The van der Waals surface area contributed by atoms with E-state index in [1.54, 1.807) is 11.8 Å². The monoisotopic (exact) mass is 263 g/mol. The van der Waals surface area contributed by atoms with Crippen LogP contribution in [0.15, 0.2) is 23.2 Å². The lowest BCUT2D eigenvalue weighted by molar-refractivity contribution is 0.0514. The van der Waals surface area contributed by atoms with Crippen molar-refractivity contribution in [1.82, 2.24) is 4.40 Å². The average Bonchev–Trinajstić information content (AvgIpc) is 2.68. The van der Waals surface area contributed by atoms with E-state index in [1.807, 2.05) is 36.8 Å². The van der Waals surface area contributed by atoms with Gasteiger partial charge in [0.05, 0.1) is 6.61 Å². The van der Waals surface area contributed by atoms with Crippen LogP contribution >= 0.6 is 11.8 Å². The summed E-state index contributed by atoms with van der Waals surface area (Å²) in [7, 11) is 0. The Balaban J connectivity index is 2.72. The van der Waals surface area contributed by atoms with Gasteiger partial charge in [-0.15, -0.1) is 11.8 Å². The molecule has 0 unspecified atom stereocenters. The van der Waals surface area contributed by atoms with Crippen molar-refractivity contribution in [3.63, 3.8) is 0 Å². The minimum Gasteiger partial charge on any atom is -0.461 e. The Morgan fingerprint density at radius 3 is 2.72 bits per heavy atom. The molecule has 3 nitrogen and oxygen atoms in total. The molecule has 4 heteroatoms. The Labute approximate surface area is 111 Å². The van der Waals surface area contributed by atoms with Crippen LogP contribution in [-0.2, 0) is 4.74 Å². The van der Waals surface area contributed by atoms with Gasteiger partial charge in [-0.3, -0.25) is 0 Å². The predicted molar refractivity (Wildman–Crippen MR) is 74.6 cm³/mol. The molecular weight excluding hydrogens is 246 g/mol. The van der Waals surface area contributed by atoms with E-state index in [0.717, 1.165) is 16.0 Å².